The third-order valence-corrected chi connectivity index (χ3v) is 7.77. The fraction of sp³-hybridized carbons (Fsp3) is 0.323. The number of nitrogen functional groups attached to an aromatic ring is 1. The number of likely N-dealkylation sites (tertiary alicyclic amines) is 1. The van der Waals surface area contributed by atoms with Gasteiger partial charge in [-0.05, 0) is 48.6 Å². The van der Waals surface area contributed by atoms with Crippen LogP contribution in [0.15, 0.2) is 54.4 Å². The van der Waals surface area contributed by atoms with Crippen molar-refractivity contribution in [1.82, 2.24) is 24.6 Å². The number of piperidine rings is 1. The number of hydrogen-bond acceptors (Lipinski definition) is 8. The quantitative estimate of drug-likeness (QED) is 0.183. The fourth-order valence-corrected chi connectivity index (χ4v) is 5.39. The van der Waals surface area contributed by atoms with E-state index in [0.717, 1.165) is 12.8 Å². The van der Waals surface area contributed by atoms with Crippen LogP contribution in [0.1, 0.15) is 39.7 Å². The molecular formula is C31H31Cl2N7O3. The smallest absolute Gasteiger partial charge is 0.264 e. The van der Waals surface area contributed by atoms with Gasteiger partial charge in [0.25, 0.3) is 5.91 Å². The number of anilines is 1. The number of amides is 1. The molecular weight excluding hydrogens is 589 g/mol. The van der Waals surface area contributed by atoms with Crippen LogP contribution in [0.4, 0.5) is 5.82 Å². The summed E-state index contributed by atoms with van der Waals surface area (Å²) in [6.45, 7) is 6.80. The van der Waals surface area contributed by atoms with Crippen LogP contribution in [-0.4, -0.2) is 50.8 Å². The third-order valence-electron chi connectivity index (χ3n) is 7.03. The number of ether oxygens (including phenoxy) is 2. The molecule has 1 unspecified atom stereocenters. The number of benzene rings is 2. The Bertz CT molecular complexity index is 1770. The summed E-state index contributed by atoms with van der Waals surface area (Å²) in [6.07, 6.45) is 4.64. The van der Waals surface area contributed by atoms with Gasteiger partial charge in [0.15, 0.2) is 17.1 Å². The van der Waals surface area contributed by atoms with Gasteiger partial charge in [-0.15, -0.1) is 0 Å². The summed E-state index contributed by atoms with van der Waals surface area (Å²) < 4.78 is 13.5. The summed E-state index contributed by atoms with van der Waals surface area (Å²) >= 11 is 12.2. The first kappa shape index (κ1) is 30.1. The maximum absolute atomic E-state index is 13.3. The second-order valence-corrected chi connectivity index (χ2v) is 12.2. The zero-order valence-electron chi connectivity index (χ0n) is 24.3. The fourth-order valence-electron chi connectivity index (χ4n) is 5.10. The molecule has 43 heavy (non-hydrogen) atoms. The monoisotopic (exact) mass is 619 g/mol. The maximum atomic E-state index is 13.3. The number of aromatic nitrogens is 4. The van der Waals surface area contributed by atoms with Gasteiger partial charge in [-0.2, -0.15) is 10.4 Å². The van der Waals surface area contributed by atoms with Crippen molar-refractivity contribution >= 4 is 46.0 Å². The Morgan fingerprint density at radius 1 is 1.14 bits per heavy atom. The van der Waals surface area contributed by atoms with E-state index >= 15 is 0 Å². The van der Waals surface area contributed by atoms with Gasteiger partial charge >= 0.3 is 0 Å². The molecule has 1 fully saturated rings. The molecule has 222 valence electrons. The number of carbonyl (C=O) groups is 1. The van der Waals surface area contributed by atoms with Gasteiger partial charge in [-0.1, -0.05) is 50.0 Å². The van der Waals surface area contributed by atoms with Crippen molar-refractivity contribution in [2.45, 2.75) is 39.7 Å². The van der Waals surface area contributed by atoms with Crippen molar-refractivity contribution in [3.05, 3.63) is 64.4 Å². The van der Waals surface area contributed by atoms with Crippen molar-refractivity contribution < 1.29 is 14.3 Å². The van der Waals surface area contributed by atoms with Crippen LogP contribution < -0.4 is 15.2 Å². The first-order valence-corrected chi connectivity index (χ1v) is 14.5. The van der Waals surface area contributed by atoms with E-state index in [1.54, 1.807) is 48.4 Å². The van der Waals surface area contributed by atoms with E-state index in [-0.39, 0.29) is 28.8 Å². The van der Waals surface area contributed by atoms with Crippen LogP contribution >= 0.6 is 23.2 Å². The van der Waals surface area contributed by atoms with Crippen LogP contribution in [-0.2, 0) is 4.79 Å². The number of nitrogens with zero attached hydrogens (tertiary/aromatic N) is 6. The Morgan fingerprint density at radius 2 is 1.93 bits per heavy atom. The van der Waals surface area contributed by atoms with E-state index < -0.39 is 0 Å². The Morgan fingerprint density at radius 3 is 2.63 bits per heavy atom. The molecule has 1 aliphatic heterocycles. The Hall–Kier alpha value is -4.33. The predicted octanol–water partition coefficient (Wildman–Crippen LogP) is 6.84. The van der Waals surface area contributed by atoms with Crippen LogP contribution in [0.2, 0.25) is 10.0 Å². The van der Waals surface area contributed by atoms with E-state index in [2.05, 4.69) is 16.0 Å². The number of nitrogens with two attached hydrogens (primary N) is 1. The van der Waals surface area contributed by atoms with Crippen molar-refractivity contribution in [1.29, 1.82) is 5.26 Å². The second kappa shape index (κ2) is 12.1. The third kappa shape index (κ3) is 6.38. The molecule has 0 bridgehead atoms. The Kier molecular flexibility index (Phi) is 8.49. The number of carbonyl (C=O) groups excluding carboxylic acids is 1. The van der Waals surface area contributed by atoms with Gasteiger partial charge in [0.1, 0.15) is 35.2 Å². The lowest BCUT2D eigenvalue weighted by Gasteiger charge is -2.33. The highest BCUT2D eigenvalue weighted by Gasteiger charge is 2.30. The second-order valence-electron chi connectivity index (χ2n) is 11.4. The molecule has 4 aromatic rings. The number of allylic oxidation sites excluding steroid dienone is 1. The van der Waals surface area contributed by atoms with Crippen molar-refractivity contribution in [3.63, 3.8) is 0 Å². The minimum absolute atomic E-state index is 0.140. The Labute approximate surface area is 259 Å². The average Bonchev–Trinajstić information content (AvgIpc) is 3.38. The Balaban J connectivity index is 1.50. The molecule has 2 N–H and O–H groups in total. The molecule has 2 aromatic carbocycles. The van der Waals surface area contributed by atoms with Gasteiger partial charge in [-0.25, -0.2) is 14.6 Å². The number of halogens is 2. The van der Waals surface area contributed by atoms with Gasteiger partial charge in [0.05, 0.1) is 28.6 Å². The van der Waals surface area contributed by atoms with Crippen LogP contribution in [0.5, 0.6) is 17.2 Å². The molecule has 0 aliphatic carbocycles. The SMILES string of the molecule is COc1cc(-c2nn(C3CCCN(C(=O)/C(C#N)=C/C(C)(C)C)C3)c3ncnc(N)c23)ccc1Oc1ccc(Cl)c(Cl)c1. The molecule has 1 atom stereocenters. The van der Waals surface area contributed by atoms with Gasteiger partial charge in [0, 0.05) is 24.7 Å². The molecule has 10 nitrogen and oxygen atoms in total. The molecule has 1 amide bonds. The van der Waals surface area contributed by atoms with Gasteiger partial charge in [0.2, 0.25) is 0 Å². The summed E-state index contributed by atoms with van der Waals surface area (Å²) in [7, 11) is 1.55. The first-order chi connectivity index (χ1) is 20.5. The molecule has 5 rings (SSSR count). The number of rotatable bonds is 6. The molecule has 0 saturated carbocycles. The van der Waals surface area contributed by atoms with Crippen LogP contribution in [0, 0.1) is 16.7 Å². The summed E-state index contributed by atoms with van der Waals surface area (Å²) in [5.41, 5.74) is 8.05. The molecule has 1 aliphatic rings. The van der Waals surface area contributed by atoms with Crippen molar-refractivity contribution in [3.8, 4) is 34.6 Å². The highest BCUT2D eigenvalue weighted by atomic mass is 35.5. The number of fused-ring (bicyclic) bond motifs is 1. The van der Waals surface area contributed by atoms with E-state index in [1.807, 2.05) is 31.5 Å². The molecule has 12 heteroatoms. The highest BCUT2D eigenvalue weighted by molar-refractivity contribution is 6.42. The lowest BCUT2D eigenvalue weighted by molar-refractivity contribution is -0.128. The van der Waals surface area contributed by atoms with Crippen molar-refractivity contribution in [2.24, 2.45) is 5.41 Å². The molecule has 2 aromatic heterocycles. The maximum Gasteiger partial charge on any atom is 0.264 e. The topological polar surface area (TPSA) is 132 Å². The van der Waals surface area contributed by atoms with Gasteiger partial charge in [-0.3, -0.25) is 4.79 Å². The van der Waals surface area contributed by atoms with Crippen LogP contribution in [0.3, 0.4) is 0 Å². The predicted molar refractivity (Wildman–Crippen MR) is 166 cm³/mol. The number of nitriles is 1. The number of hydrogen-bond donors (Lipinski definition) is 1. The molecule has 3 heterocycles. The van der Waals surface area contributed by atoms with Gasteiger partial charge < -0.3 is 20.1 Å². The summed E-state index contributed by atoms with van der Waals surface area (Å²) in [5, 5.41) is 16.1. The molecule has 0 spiro atoms. The van der Waals surface area contributed by atoms with E-state index in [0.29, 0.717) is 62.7 Å². The lowest BCUT2D eigenvalue weighted by atomic mass is 9.93. The zero-order chi connectivity index (χ0) is 30.9. The minimum Gasteiger partial charge on any atom is -0.493 e. The molecule has 1 saturated heterocycles. The standard InChI is InChI=1S/C31H31Cl2N7O3/c1-31(2,3)14-19(15-34)30(41)39-11-5-6-20(16-39)40-29-26(28(35)36-17-37-29)27(38-40)18-7-10-24(25(12-18)42-4)43-21-8-9-22(32)23(33)13-21/h7-10,12-14,17,20H,5-6,11,16H2,1-4H3,(H2,35,36,37)/b19-14+. The first-order valence-electron chi connectivity index (χ1n) is 13.7. The average molecular weight is 621 g/mol. The zero-order valence-corrected chi connectivity index (χ0v) is 25.8. The minimum atomic E-state index is -0.305. The van der Waals surface area contributed by atoms with E-state index in [9.17, 15) is 10.1 Å². The van der Waals surface area contributed by atoms with E-state index in [1.165, 1.54) is 6.33 Å². The summed E-state index contributed by atoms with van der Waals surface area (Å²) in [6, 6.07) is 12.3. The van der Waals surface area contributed by atoms with Crippen LogP contribution in [0.25, 0.3) is 22.3 Å². The largest absolute Gasteiger partial charge is 0.493 e. The summed E-state index contributed by atoms with van der Waals surface area (Å²) in [5.74, 6) is 1.43. The normalized spacial score (nSPS) is 15.8. The van der Waals surface area contributed by atoms with Crippen molar-refractivity contribution in [2.75, 3.05) is 25.9 Å². The summed E-state index contributed by atoms with van der Waals surface area (Å²) in [4.78, 5) is 23.8. The van der Waals surface area contributed by atoms with E-state index in [4.69, 9.17) is 43.5 Å². The highest BCUT2D eigenvalue weighted by Crippen LogP contribution is 2.40. The lowest BCUT2D eigenvalue weighted by Crippen LogP contribution is -2.41. The number of methoxy groups -OCH3 is 1. The molecule has 0 radical (unpaired) electrons.